The van der Waals surface area contributed by atoms with Crippen LogP contribution in [0.5, 0.6) is 0 Å². The molecular formula is C74H54. The Bertz CT molecular complexity index is 4690. The Kier molecular flexibility index (Phi) is 9.00. The highest BCUT2D eigenvalue weighted by molar-refractivity contribution is 6.37. The maximum absolute atomic E-state index is 2.61. The van der Waals surface area contributed by atoms with E-state index in [4.69, 9.17) is 0 Å². The Labute approximate surface area is 432 Å². The zero-order chi connectivity index (χ0) is 49.8. The van der Waals surface area contributed by atoms with E-state index < -0.39 is 0 Å². The Morgan fingerprint density at radius 2 is 0.635 bits per heavy atom. The standard InChI is InChI=1S/C74H54/c1-73(2,3)54-34-50(43-18-9-7-10-19-43)32-52(36-54)67-63-41-61-57-27-16-15-26-56(57)59-38-47-22-13-14-23-48(47)39-60(59)62(61)42-64(63)68(53-33-51(44-20-11-8-12-21-44)35-55(37-53)74(4,5)6)72-65-40-49-25-17-24-45-28-29-46-30-31-58(71(67)72)70(65)69(46)66(45)49/h7-42H,1-6H3. The minimum atomic E-state index is -0.115. The van der Waals surface area contributed by atoms with Crippen LogP contribution in [0.1, 0.15) is 52.7 Å². The van der Waals surface area contributed by atoms with Gasteiger partial charge in [0.15, 0.2) is 0 Å². The van der Waals surface area contributed by atoms with Gasteiger partial charge in [0, 0.05) is 0 Å². The van der Waals surface area contributed by atoms with Gasteiger partial charge in [-0.2, -0.15) is 0 Å². The van der Waals surface area contributed by atoms with Crippen molar-refractivity contribution in [3.8, 4) is 66.8 Å². The first kappa shape index (κ1) is 43.0. The molecule has 0 fully saturated rings. The predicted octanol–water partition coefficient (Wildman–Crippen LogP) is 21.3. The van der Waals surface area contributed by atoms with Crippen molar-refractivity contribution in [3.05, 3.63) is 230 Å². The third-order valence-corrected chi connectivity index (χ3v) is 16.7. The fourth-order valence-electron chi connectivity index (χ4n) is 13.0. The minimum absolute atomic E-state index is 0.111. The molecule has 0 radical (unpaired) electrons. The lowest BCUT2D eigenvalue weighted by Crippen LogP contribution is -2.11. The van der Waals surface area contributed by atoms with E-state index in [1.807, 2.05) is 0 Å². The summed E-state index contributed by atoms with van der Waals surface area (Å²) in [5.74, 6) is 0. The molecule has 1 aliphatic rings. The smallest absolute Gasteiger partial charge is 0.000718 e. The molecule has 0 bridgehead atoms. The van der Waals surface area contributed by atoms with Crippen LogP contribution in [0, 0.1) is 0 Å². The monoisotopic (exact) mass is 942 g/mol. The van der Waals surface area contributed by atoms with E-state index in [0.29, 0.717) is 0 Å². The second-order valence-electron chi connectivity index (χ2n) is 23.2. The Morgan fingerprint density at radius 3 is 1.19 bits per heavy atom. The summed E-state index contributed by atoms with van der Waals surface area (Å²) < 4.78 is 0. The molecule has 14 aromatic carbocycles. The van der Waals surface area contributed by atoms with Crippen LogP contribution in [0.25, 0.3) is 153 Å². The molecular weight excluding hydrogens is 889 g/mol. The topological polar surface area (TPSA) is 0 Å². The molecule has 0 unspecified atom stereocenters. The summed E-state index contributed by atoms with van der Waals surface area (Å²) in [6.45, 7) is 14.2. The largest absolute Gasteiger partial charge is 0.0622 e. The van der Waals surface area contributed by atoms with Crippen molar-refractivity contribution in [2.75, 3.05) is 0 Å². The fraction of sp³-hybridized carbons (Fsp3) is 0.108. The Balaban J connectivity index is 1.22. The lowest BCUT2D eigenvalue weighted by molar-refractivity contribution is 0.590. The van der Waals surface area contributed by atoms with Crippen LogP contribution in [0.2, 0.25) is 0 Å². The van der Waals surface area contributed by atoms with E-state index in [2.05, 4.69) is 260 Å². The van der Waals surface area contributed by atoms with Crippen molar-refractivity contribution in [2.24, 2.45) is 0 Å². The normalized spacial score (nSPS) is 12.7. The molecule has 1 aliphatic carbocycles. The van der Waals surface area contributed by atoms with Crippen LogP contribution in [0.4, 0.5) is 0 Å². The lowest BCUT2D eigenvalue weighted by atomic mass is 9.77. The van der Waals surface area contributed by atoms with Gasteiger partial charge < -0.3 is 0 Å². The van der Waals surface area contributed by atoms with Crippen molar-refractivity contribution in [1.29, 1.82) is 0 Å². The van der Waals surface area contributed by atoms with E-state index in [0.717, 1.165) is 0 Å². The van der Waals surface area contributed by atoms with Crippen LogP contribution in [-0.4, -0.2) is 0 Å². The van der Waals surface area contributed by atoms with E-state index >= 15 is 0 Å². The highest BCUT2D eigenvalue weighted by Crippen LogP contribution is 2.61. The van der Waals surface area contributed by atoms with Gasteiger partial charge in [-0.15, -0.1) is 0 Å². The van der Waals surface area contributed by atoms with Crippen molar-refractivity contribution >= 4 is 86.2 Å². The van der Waals surface area contributed by atoms with Crippen LogP contribution in [0.15, 0.2) is 218 Å². The van der Waals surface area contributed by atoms with Crippen LogP contribution in [0.3, 0.4) is 0 Å². The summed E-state index contributed by atoms with van der Waals surface area (Å²) in [6, 6.07) is 84.0. The van der Waals surface area contributed by atoms with Crippen molar-refractivity contribution in [1.82, 2.24) is 0 Å². The van der Waals surface area contributed by atoms with Crippen LogP contribution in [-0.2, 0) is 10.8 Å². The zero-order valence-electron chi connectivity index (χ0n) is 42.8. The maximum atomic E-state index is 2.61. The molecule has 0 nitrogen and oxygen atoms in total. The summed E-state index contributed by atoms with van der Waals surface area (Å²) >= 11 is 0. The number of fused-ring (bicyclic) bond motifs is 11. The summed E-state index contributed by atoms with van der Waals surface area (Å²) in [5, 5.41) is 20.7. The predicted molar refractivity (Wildman–Crippen MR) is 321 cm³/mol. The van der Waals surface area contributed by atoms with Gasteiger partial charge in [-0.05, 0) is 217 Å². The third kappa shape index (κ3) is 6.34. The summed E-state index contributed by atoms with van der Waals surface area (Å²) in [7, 11) is 0. The van der Waals surface area contributed by atoms with Gasteiger partial charge in [-0.1, -0.05) is 217 Å². The van der Waals surface area contributed by atoms with Crippen molar-refractivity contribution in [3.63, 3.8) is 0 Å². The molecule has 14 aromatic rings. The van der Waals surface area contributed by atoms with Crippen LogP contribution >= 0.6 is 0 Å². The average molecular weight is 943 g/mol. The highest BCUT2D eigenvalue weighted by atomic mass is 14.4. The Morgan fingerprint density at radius 1 is 0.216 bits per heavy atom. The van der Waals surface area contributed by atoms with E-state index in [-0.39, 0.29) is 10.8 Å². The van der Waals surface area contributed by atoms with Gasteiger partial charge in [0.05, 0.1) is 0 Å². The first-order valence-corrected chi connectivity index (χ1v) is 26.4. The minimum Gasteiger partial charge on any atom is -0.0622 e. The molecule has 0 saturated heterocycles. The molecule has 350 valence electrons. The molecule has 0 saturated carbocycles. The summed E-state index contributed by atoms with van der Waals surface area (Å²) in [4.78, 5) is 0. The Hall–Kier alpha value is -8.58. The molecule has 0 aliphatic heterocycles. The summed E-state index contributed by atoms with van der Waals surface area (Å²) in [5.41, 5.74) is 17.7. The van der Waals surface area contributed by atoms with Gasteiger partial charge in [-0.3, -0.25) is 0 Å². The van der Waals surface area contributed by atoms with Gasteiger partial charge in [0.1, 0.15) is 0 Å². The maximum Gasteiger partial charge on any atom is -0.000718 e. The van der Waals surface area contributed by atoms with Gasteiger partial charge in [-0.25, -0.2) is 0 Å². The first-order valence-electron chi connectivity index (χ1n) is 26.4. The number of benzene rings is 14. The number of hydrogen-bond acceptors (Lipinski definition) is 0. The second kappa shape index (κ2) is 15.5. The van der Waals surface area contributed by atoms with Gasteiger partial charge in [0.2, 0.25) is 0 Å². The second-order valence-corrected chi connectivity index (χ2v) is 23.2. The third-order valence-electron chi connectivity index (χ3n) is 16.7. The lowest BCUT2D eigenvalue weighted by Gasteiger charge is -2.26. The van der Waals surface area contributed by atoms with Crippen molar-refractivity contribution in [2.45, 2.75) is 52.4 Å². The van der Waals surface area contributed by atoms with E-state index in [9.17, 15) is 0 Å². The average Bonchev–Trinajstić information content (AvgIpc) is 3.92. The van der Waals surface area contributed by atoms with Gasteiger partial charge in [0.25, 0.3) is 0 Å². The number of rotatable bonds is 4. The fourth-order valence-corrected chi connectivity index (χ4v) is 13.0. The SMILES string of the molecule is CC(C)(C)c1cc(-c2ccccc2)cc(-c2c3c(c(-c4cc(-c5ccccc5)cc(C(C)(C)C)c4)c4cc5c6cc7ccccc7cc6c6ccccc6c5cc24)-c2cc4cccc5ccc6ccc-3c2c6c54)c1. The molecule has 0 heteroatoms. The molecule has 0 aromatic heterocycles. The molecule has 74 heavy (non-hydrogen) atoms. The quantitative estimate of drug-likeness (QED) is 0.122. The first-order chi connectivity index (χ1) is 35.9. The number of hydrogen-bond donors (Lipinski definition) is 0. The van der Waals surface area contributed by atoms with E-state index in [1.165, 1.54) is 164 Å². The van der Waals surface area contributed by atoms with Gasteiger partial charge >= 0.3 is 0 Å². The molecule has 0 N–H and O–H groups in total. The van der Waals surface area contributed by atoms with E-state index in [1.54, 1.807) is 0 Å². The highest BCUT2D eigenvalue weighted by Gasteiger charge is 2.34. The molecule has 15 rings (SSSR count). The van der Waals surface area contributed by atoms with Crippen molar-refractivity contribution < 1.29 is 0 Å². The summed E-state index contributed by atoms with van der Waals surface area (Å²) in [6.07, 6.45) is 0. The molecule has 0 atom stereocenters. The molecule has 0 heterocycles. The molecule has 0 spiro atoms. The molecule has 0 amide bonds. The zero-order valence-corrected chi connectivity index (χ0v) is 42.8. The van der Waals surface area contributed by atoms with Crippen LogP contribution < -0.4 is 0 Å².